The normalized spacial score (nSPS) is 26.2. The van der Waals surface area contributed by atoms with Gasteiger partial charge in [-0.05, 0) is 13.5 Å². The molecule has 100 valence electrons. The largest absolute Gasteiger partial charge is 0.345 e. The number of aromatic nitrogens is 2. The Bertz CT molecular complexity index is 406. The van der Waals surface area contributed by atoms with Crippen LogP contribution >= 0.6 is 0 Å². The number of hydrogen-bond donors (Lipinski definition) is 2. The Kier molecular flexibility index (Phi) is 3.37. The van der Waals surface area contributed by atoms with Crippen LogP contribution in [0.2, 0.25) is 0 Å². The Morgan fingerprint density at radius 2 is 2.06 bits per heavy atom. The maximum atomic E-state index is 4.70. The first kappa shape index (κ1) is 12.1. The summed E-state index contributed by atoms with van der Waals surface area (Å²) in [5, 5.41) is 3.50. The van der Waals surface area contributed by atoms with Gasteiger partial charge in [0, 0.05) is 39.3 Å². The molecule has 1 aromatic rings. The van der Waals surface area contributed by atoms with Gasteiger partial charge in [0.25, 0.3) is 0 Å². The van der Waals surface area contributed by atoms with Crippen LogP contribution in [0.4, 0.5) is 0 Å². The maximum absolute atomic E-state index is 4.70. The van der Waals surface area contributed by atoms with Crippen molar-refractivity contribution in [1.82, 2.24) is 25.1 Å². The number of nitrogens with zero attached hydrogens (tertiary/aromatic N) is 3. The number of aromatic amines is 1. The van der Waals surface area contributed by atoms with Crippen LogP contribution in [0.1, 0.15) is 30.2 Å². The minimum atomic E-state index is 0.456. The number of aryl methyl sites for hydroxylation is 1. The molecule has 1 saturated heterocycles. The molecule has 0 saturated carbocycles. The van der Waals surface area contributed by atoms with E-state index >= 15 is 0 Å². The van der Waals surface area contributed by atoms with Crippen LogP contribution in [0.25, 0.3) is 0 Å². The van der Waals surface area contributed by atoms with E-state index < -0.39 is 0 Å². The second kappa shape index (κ2) is 4.99. The number of piperazine rings is 1. The van der Waals surface area contributed by atoms with E-state index in [1.807, 2.05) is 6.92 Å². The van der Waals surface area contributed by atoms with Gasteiger partial charge in [-0.25, -0.2) is 4.98 Å². The van der Waals surface area contributed by atoms with Crippen molar-refractivity contribution in [3.63, 3.8) is 0 Å². The Morgan fingerprint density at radius 3 is 2.78 bits per heavy atom. The van der Waals surface area contributed by atoms with Gasteiger partial charge in [0.15, 0.2) is 0 Å². The van der Waals surface area contributed by atoms with Crippen molar-refractivity contribution in [2.75, 3.05) is 39.3 Å². The zero-order valence-corrected chi connectivity index (χ0v) is 11.4. The molecule has 0 bridgehead atoms. The van der Waals surface area contributed by atoms with E-state index in [1.165, 1.54) is 31.0 Å². The number of H-pyrrole nitrogens is 1. The van der Waals surface area contributed by atoms with Gasteiger partial charge in [0.2, 0.25) is 0 Å². The molecule has 1 aromatic heterocycles. The molecule has 5 nitrogen and oxygen atoms in total. The van der Waals surface area contributed by atoms with Crippen LogP contribution in [0.3, 0.4) is 0 Å². The van der Waals surface area contributed by atoms with Gasteiger partial charge in [-0.15, -0.1) is 0 Å². The molecule has 0 aliphatic carbocycles. The van der Waals surface area contributed by atoms with Crippen molar-refractivity contribution in [2.45, 2.75) is 26.4 Å². The summed E-state index contributed by atoms with van der Waals surface area (Å²) in [5.41, 5.74) is 2.55. The zero-order valence-electron chi connectivity index (χ0n) is 11.4. The van der Waals surface area contributed by atoms with Crippen LogP contribution < -0.4 is 5.32 Å². The van der Waals surface area contributed by atoms with Crippen LogP contribution in [0.5, 0.6) is 0 Å². The van der Waals surface area contributed by atoms with E-state index in [0.29, 0.717) is 6.04 Å². The molecule has 5 heteroatoms. The highest BCUT2D eigenvalue weighted by Crippen LogP contribution is 2.26. The highest BCUT2D eigenvalue weighted by molar-refractivity contribution is 5.21. The fourth-order valence-corrected chi connectivity index (χ4v) is 3.09. The summed E-state index contributed by atoms with van der Waals surface area (Å²) < 4.78 is 0. The molecule has 0 radical (unpaired) electrons. The molecule has 18 heavy (non-hydrogen) atoms. The Labute approximate surface area is 109 Å². The topological polar surface area (TPSA) is 47.2 Å². The summed E-state index contributed by atoms with van der Waals surface area (Å²) in [6.07, 6.45) is 0. The van der Waals surface area contributed by atoms with Gasteiger partial charge >= 0.3 is 0 Å². The van der Waals surface area contributed by atoms with E-state index in [0.717, 1.165) is 32.0 Å². The number of fused-ring (bicyclic) bond motifs is 1. The van der Waals surface area contributed by atoms with E-state index in [1.54, 1.807) is 0 Å². The second-order valence-corrected chi connectivity index (χ2v) is 5.30. The summed E-state index contributed by atoms with van der Waals surface area (Å²) in [4.78, 5) is 13.2. The summed E-state index contributed by atoms with van der Waals surface area (Å²) in [7, 11) is 0. The molecular weight excluding hydrogens is 226 g/mol. The van der Waals surface area contributed by atoms with Gasteiger partial charge in [-0.2, -0.15) is 0 Å². The standard InChI is InChI=1S/C13H23N5/c1-3-17-4-6-18(7-5-17)12-9-14-8-11-13(12)16-10(2)15-11/h12,14H,3-9H2,1-2H3,(H,15,16). The summed E-state index contributed by atoms with van der Waals surface area (Å²) in [6, 6.07) is 0.456. The van der Waals surface area contributed by atoms with Crippen molar-refractivity contribution >= 4 is 0 Å². The molecule has 0 spiro atoms. The average molecular weight is 249 g/mol. The van der Waals surface area contributed by atoms with Gasteiger partial charge in [-0.1, -0.05) is 6.92 Å². The van der Waals surface area contributed by atoms with Crippen LogP contribution in [0, 0.1) is 6.92 Å². The van der Waals surface area contributed by atoms with E-state index in [9.17, 15) is 0 Å². The van der Waals surface area contributed by atoms with Crippen molar-refractivity contribution in [1.29, 1.82) is 0 Å². The first-order valence-corrected chi connectivity index (χ1v) is 7.00. The lowest BCUT2D eigenvalue weighted by molar-refractivity contribution is 0.0932. The van der Waals surface area contributed by atoms with Crippen molar-refractivity contribution in [2.24, 2.45) is 0 Å². The number of nitrogens with one attached hydrogen (secondary N) is 2. The molecule has 2 aliphatic rings. The van der Waals surface area contributed by atoms with Crippen LogP contribution in [-0.4, -0.2) is 59.0 Å². The third-order valence-corrected chi connectivity index (χ3v) is 4.18. The van der Waals surface area contributed by atoms with Crippen LogP contribution in [0.15, 0.2) is 0 Å². The van der Waals surface area contributed by atoms with E-state index in [-0.39, 0.29) is 0 Å². The third kappa shape index (κ3) is 2.18. The maximum Gasteiger partial charge on any atom is 0.103 e. The molecule has 1 fully saturated rings. The fourth-order valence-electron chi connectivity index (χ4n) is 3.09. The quantitative estimate of drug-likeness (QED) is 0.801. The minimum Gasteiger partial charge on any atom is -0.345 e. The second-order valence-electron chi connectivity index (χ2n) is 5.30. The molecular formula is C13H23N5. The Hall–Kier alpha value is -0.910. The van der Waals surface area contributed by atoms with Crippen LogP contribution in [-0.2, 0) is 6.54 Å². The van der Waals surface area contributed by atoms with Crippen molar-refractivity contribution in [3.8, 4) is 0 Å². The Balaban J connectivity index is 1.74. The first-order chi connectivity index (χ1) is 8.78. The average Bonchev–Trinajstić information content (AvgIpc) is 2.79. The molecule has 0 aromatic carbocycles. The molecule has 3 heterocycles. The lowest BCUT2D eigenvalue weighted by Gasteiger charge is -2.40. The molecule has 1 unspecified atom stereocenters. The smallest absolute Gasteiger partial charge is 0.103 e. The minimum absolute atomic E-state index is 0.456. The van der Waals surface area contributed by atoms with Crippen molar-refractivity contribution in [3.05, 3.63) is 17.2 Å². The lowest BCUT2D eigenvalue weighted by atomic mass is 10.1. The monoisotopic (exact) mass is 249 g/mol. The lowest BCUT2D eigenvalue weighted by Crippen LogP contribution is -2.50. The SMILES string of the molecule is CCN1CCN(C2CNCc3[nH]c(C)nc32)CC1. The molecule has 2 N–H and O–H groups in total. The first-order valence-electron chi connectivity index (χ1n) is 7.00. The summed E-state index contributed by atoms with van der Waals surface area (Å²) >= 11 is 0. The number of likely N-dealkylation sites (N-methyl/N-ethyl adjacent to an activating group) is 1. The van der Waals surface area contributed by atoms with E-state index in [2.05, 4.69) is 27.0 Å². The van der Waals surface area contributed by atoms with Gasteiger partial charge < -0.3 is 15.2 Å². The van der Waals surface area contributed by atoms with E-state index in [4.69, 9.17) is 4.98 Å². The van der Waals surface area contributed by atoms with Crippen molar-refractivity contribution < 1.29 is 0 Å². The molecule has 0 amide bonds. The Morgan fingerprint density at radius 1 is 1.28 bits per heavy atom. The number of imidazole rings is 1. The number of hydrogen-bond acceptors (Lipinski definition) is 4. The van der Waals surface area contributed by atoms with Gasteiger partial charge in [-0.3, -0.25) is 4.90 Å². The molecule has 1 atom stereocenters. The summed E-state index contributed by atoms with van der Waals surface area (Å²) in [6.45, 7) is 12.1. The third-order valence-electron chi connectivity index (χ3n) is 4.18. The predicted molar refractivity (Wildman–Crippen MR) is 71.5 cm³/mol. The number of rotatable bonds is 2. The molecule has 2 aliphatic heterocycles. The van der Waals surface area contributed by atoms with Gasteiger partial charge in [0.1, 0.15) is 5.82 Å². The predicted octanol–water partition coefficient (Wildman–Crippen LogP) is 0.500. The summed E-state index contributed by atoms with van der Waals surface area (Å²) in [5.74, 6) is 1.04. The van der Waals surface area contributed by atoms with Gasteiger partial charge in [0.05, 0.1) is 17.4 Å². The zero-order chi connectivity index (χ0) is 12.5. The fraction of sp³-hybridized carbons (Fsp3) is 0.769. The molecule has 3 rings (SSSR count). The highest BCUT2D eigenvalue weighted by atomic mass is 15.3. The highest BCUT2D eigenvalue weighted by Gasteiger charge is 2.30.